The summed E-state index contributed by atoms with van der Waals surface area (Å²) in [7, 11) is 0. The van der Waals surface area contributed by atoms with Crippen LogP contribution in [-0.2, 0) is 6.54 Å². The van der Waals surface area contributed by atoms with Gasteiger partial charge in [-0.15, -0.1) is 0 Å². The van der Waals surface area contributed by atoms with Crippen LogP contribution in [0.25, 0.3) is 11.1 Å². The van der Waals surface area contributed by atoms with Gasteiger partial charge in [0.05, 0.1) is 0 Å². The van der Waals surface area contributed by atoms with Crippen LogP contribution in [0.3, 0.4) is 0 Å². The van der Waals surface area contributed by atoms with Gasteiger partial charge in [0.25, 0.3) is 0 Å². The quantitative estimate of drug-likeness (QED) is 0.824. The van der Waals surface area contributed by atoms with Crippen molar-refractivity contribution in [2.75, 3.05) is 0 Å². The van der Waals surface area contributed by atoms with E-state index in [0.717, 1.165) is 17.7 Å². The van der Waals surface area contributed by atoms with E-state index in [9.17, 15) is 13.2 Å². The highest BCUT2D eigenvalue weighted by Crippen LogP contribution is 2.30. The Bertz CT molecular complexity index is 576. The predicted molar refractivity (Wildman–Crippen MR) is 64.7 cm³/mol. The standard InChI is InChI=1S/C13H9ClF3N/c14-10-3-7(6-18)1-2-9(10)8-4-11(15)13(17)12(16)5-8/h1-5H,6,18H2. The lowest BCUT2D eigenvalue weighted by Crippen LogP contribution is -1.97. The number of hydrogen-bond donors (Lipinski definition) is 1. The number of benzene rings is 2. The lowest BCUT2D eigenvalue weighted by molar-refractivity contribution is 0.448. The van der Waals surface area contributed by atoms with Gasteiger partial charge in [-0.3, -0.25) is 0 Å². The van der Waals surface area contributed by atoms with Crippen molar-refractivity contribution >= 4 is 11.6 Å². The van der Waals surface area contributed by atoms with Crippen molar-refractivity contribution in [3.05, 3.63) is 58.4 Å². The normalized spacial score (nSPS) is 10.7. The van der Waals surface area contributed by atoms with Gasteiger partial charge in [-0.2, -0.15) is 0 Å². The van der Waals surface area contributed by atoms with Gasteiger partial charge in [-0.05, 0) is 29.3 Å². The van der Waals surface area contributed by atoms with E-state index >= 15 is 0 Å². The van der Waals surface area contributed by atoms with Crippen molar-refractivity contribution in [3.8, 4) is 11.1 Å². The molecule has 0 atom stereocenters. The van der Waals surface area contributed by atoms with Crippen LogP contribution in [0.1, 0.15) is 5.56 Å². The minimum Gasteiger partial charge on any atom is -0.326 e. The molecule has 5 heteroatoms. The van der Waals surface area contributed by atoms with E-state index in [4.69, 9.17) is 17.3 Å². The number of hydrogen-bond acceptors (Lipinski definition) is 1. The van der Waals surface area contributed by atoms with Crippen LogP contribution in [0.5, 0.6) is 0 Å². The van der Waals surface area contributed by atoms with Gasteiger partial charge in [0.15, 0.2) is 17.5 Å². The fraction of sp³-hybridized carbons (Fsp3) is 0.0769. The average molecular weight is 272 g/mol. The summed E-state index contributed by atoms with van der Waals surface area (Å²) in [5, 5.41) is 0.309. The maximum Gasteiger partial charge on any atom is 0.194 e. The number of halogens is 4. The molecule has 0 aliphatic heterocycles. The maximum atomic E-state index is 13.1. The molecule has 0 saturated heterocycles. The van der Waals surface area contributed by atoms with Crippen LogP contribution < -0.4 is 5.73 Å². The van der Waals surface area contributed by atoms with Gasteiger partial charge in [-0.1, -0.05) is 23.7 Å². The Hall–Kier alpha value is -1.52. The van der Waals surface area contributed by atoms with Crippen molar-refractivity contribution in [2.45, 2.75) is 6.54 Å². The van der Waals surface area contributed by atoms with E-state index < -0.39 is 17.5 Å². The van der Waals surface area contributed by atoms with Crippen molar-refractivity contribution in [1.82, 2.24) is 0 Å². The molecule has 0 fully saturated rings. The molecule has 0 heterocycles. The van der Waals surface area contributed by atoms with E-state index in [1.165, 1.54) is 0 Å². The molecule has 0 radical (unpaired) electrons. The number of nitrogens with two attached hydrogens (primary N) is 1. The first-order valence-corrected chi connectivity index (χ1v) is 5.54. The Morgan fingerprint density at radius 3 is 2.11 bits per heavy atom. The van der Waals surface area contributed by atoms with Crippen LogP contribution in [-0.4, -0.2) is 0 Å². The Kier molecular flexibility index (Phi) is 3.59. The molecule has 2 rings (SSSR count). The summed E-state index contributed by atoms with van der Waals surface area (Å²) >= 11 is 5.99. The SMILES string of the molecule is NCc1ccc(-c2cc(F)c(F)c(F)c2)c(Cl)c1. The minimum atomic E-state index is -1.49. The fourth-order valence-corrected chi connectivity index (χ4v) is 1.94. The molecule has 2 N–H and O–H groups in total. The van der Waals surface area contributed by atoms with Crippen molar-refractivity contribution in [1.29, 1.82) is 0 Å². The van der Waals surface area contributed by atoms with Gasteiger partial charge in [0.1, 0.15) is 0 Å². The van der Waals surface area contributed by atoms with Crippen LogP contribution in [0, 0.1) is 17.5 Å². The summed E-state index contributed by atoms with van der Waals surface area (Å²) in [4.78, 5) is 0. The molecule has 2 aromatic carbocycles. The molecular weight excluding hydrogens is 263 g/mol. The molecule has 0 aliphatic rings. The van der Waals surface area contributed by atoms with Crippen LogP contribution in [0.4, 0.5) is 13.2 Å². The molecule has 2 aromatic rings. The highest BCUT2D eigenvalue weighted by molar-refractivity contribution is 6.33. The highest BCUT2D eigenvalue weighted by atomic mass is 35.5. The van der Waals surface area contributed by atoms with E-state index in [1.807, 2.05) is 0 Å². The van der Waals surface area contributed by atoms with Crippen LogP contribution in [0.2, 0.25) is 5.02 Å². The topological polar surface area (TPSA) is 26.0 Å². The second kappa shape index (κ2) is 5.00. The van der Waals surface area contributed by atoms with Crippen molar-refractivity contribution in [2.24, 2.45) is 5.73 Å². The van der Waals surface area contributed by atoms with E-state index in [1.54, 1.807) is 18.2 Å². The monoisotopic (exact) mass is 271 g/mol. The Morgan fingerprint density at radius 2 is 1.61 bits per heavy atom. The van der Waals surface area contributed by atoms with E-state index in [0.29, 0.717) is 17.1 Å². The summed E-state index contributed by atoms with van der Waals surface area (Å²) in [5.41, 5.74) is 6.85. The largest absolute Gasteiger partial charge is 0.326 e. The Morgan fingerprint density at radius 1 is 1.00 bits per heavy atom. The van der Waals surface area contributed by atoms with Gasteiger partial charge in [0.2, 0.25) is 0 Å². The first kappa shape index (κ1) is 12.9. The van der Waals surface area contributed by atoms with Crippen LogP contribution >= 0.6 is 11.6 Å². The molecule has 1 nitrogen and oxygen atoms in total. The zero-order valence-electron chi connectivity index (χ0n) is 9.18. The molecule has 0 aromatic heterocycles. The van der Waals surface area contributed by atoms with Gasteiger partial charge >= 0.3 is 0 Å². The molecule has 0 aliphatic carbocycles. The van der Waals surface area contributed by atoms with Gasteiger partial charge < -0.3 is 5.73 Å². The molecule has 0 saturated carbocycles. The first-order chi connectivity index (χ1) is 8.52. The second-order valence-corrected chi connectivity index (χ2v) is 4.18. The molecule has 0 amide bonds. The summed E-state index contributed by atoms with van der Waals surface area (Å²) in [5.74, 6) is -3.98. The van der Waals surface area contributed by atoms with E-state index in [-0.39, 0.29) is 5.56 Å². The van der Waals surface area contributed by atoms with Gasteiger partial charge in [0, 0.05) is 17.1 Å². The van der Waals surface area contributed by atoms with Gasteiger partial charge in [-0.25, -0.2) is 13.2 Å². The summed E-state index contributed by atoms with van der Waals surface area (Å²) in [6.45, 7) is 0.312. The predicted octanol–water partition coefficient (Wildman–Crippen LogP) is 3.88. The van der Waals surface area contributed by atoms with Crippen molar-refractivity contribution < 1.29 is 13.2 Å². The summed E-state index contributed by atoms with van der Waals surface area (Å²) in [6, 6.07) is 6.70. The molecular formula is C13H9ClF3N. The summed E-state index contributed by atoms with van der Waals surface area (Å²) in [6.07, 6.45) is 0. The zero-order valence-corrected chi connectivity index (χ0v) is 9.94. The Labute approximate surface area is 107 Å². The fourth-order valence-electron chi connectivity index (χ4n) is 1.63. The molecule has 94 valence electrons. The molecule has 18 heavy (non-hydrogen) atoms. The first-order valence-electron chi connectivity index (χ1n) is 5.16. The number of rotatable bonds is 2. The Balaban J connectivity index is 2.55. The average Bonchev–Trinajstić information content (AvgIpc) is 2.35. The lowest BCUT2D eigenvalue weighted by atomic mass is 10.0. The lowest BCUT2D eigenvalue weighted by Gasteiger charge is -2.07. The second-order valence-electron chi connectivity index (χ2n) is 3.77. The minimum absolute atomic E-state index is 0.181. The third kappa shape index (κ3) is 2.35. The molecule has 0 spiro atoms. The third-order valence-electron chi connectivity index (χ3n) is 2.56. The smallest absolute Gasteiger partial charge is 0.194 e. The van der Waals surface area contributed by atoms with Crippen molar-refractivity contribution in [3.63, 3.8) is 0 Å². The van der Waals surface area contributed by atoms with E-state index in [2.05, 4.69) is 0 Å². The maximum absolute atomic E-state index is 13.1. The zero-order chi connectivity index (χ0) is 13.3. The molecule has 0 bridgehead atoms. The summed E-state index contributed by atoms with van der Waals surface area (Å²) < 4.78 is 39.1. The third-order valence-corrected chi connectivity index (χ3v) is 2.88. The molecule has 0 unspecified atom stereocenters. The van der Waals surface area contributed by atoms with Crippen LogP contribution in [0.15, 0.2) is 30.3 Å². The highest BCUT2D eigenvalue weighted by Gasteiger charge is 2.13.